The maximum Gasteiger partial charge on any atom is 0.191 e. The largest absolute Gasteiger partial charge is 0.355 e. The first-order valence-electron chi connectivity index (χ1n) is 7.87. The molecule has 0 heterocycles. The highest BCUT2D eigenvalue weighted by Gasteiger charge is 2.12. The molecule has 0 aromatic heterocycles. The van der Waals surface area contributed by atoms with Gasteiger partial charge in [0.1, 0.15) is 0 Å². The molecule has 25 heavy (non-hydrogen) atoms. The Balaban J connectivity index is 1.87. The molecule has 2 aromatic rings. The molecule has 0 saturated carbocycles. The maximum atomic E-state index is 12.2. The topological polar surface area (TPSA) is 53.5 Å². The summed E-state index contributed by atoms with van der Waals surface area (Å²) in [5.74, 6) is 1.13. The van der Waals surface area contributed by atoms with Crippen molar-refractivity contribution in [3.8, 4) is 0 Å². The van der Waals surface area contributed by atoms with Gasteiger partial charge in [-0.2, -0.15) is 0 Å². The van der Waals surface area contributed by atoms with E-state index in [0.717, 1.165) is 10.5 Å². The molecule has 0 bridgehead atoms. The smallest absolute Gasteiger partial charge is 0.191 e. The third kappa shape index (κ3) is 6.03. The van der Waals surface area contributed by atoms with Crippen molar-refractivity contribution in [2.24, 2.45) is 4.99 Å². The van der Waals surface area contributed by atoms with Gasteiger partial charge < -0.3 is 10.6 Å². The van der Waals surface area contributed by atoms with Crippen LogP contribution in [0.1, 0.15) is 18.5 Å². The molecule has 2 aromatic carbocycles. The molecule has 0 saturated heterocycles. The molecule has 0 aliphatic heterocycles. The van der Waals surface area contributed by atoms with E-state index in [1.165, 1.54) is 0 Å². The van der Waals surface area contributed by atoms with Gasteiger partial charge in [-0.25, -0.2) is 0 Å². The van der Waals surface area contributed by atoms with Crippen LogP contribution >= 0.6 is 23.2 Å². The Bertz CT molecular complexity index is 753. The number of hydrogen-bond acceptors (Lipinski definition) is 2. The number of guanidine groups is 1. The number of halogens is 2. The van der Waals surface area contributed by atoms with Crippen LogP contribution in [-0.2, 0) is 10.8 Å². The van der Waals surface area contributed by atoms with Crippen molar-refractivity contribution in [1.29, 1.82) is 0 Å². The second-order valence-corrected chi connectivity index (χ2v) is 7.81. The fourth-order valence-corrected chi connectivity index (χ4v) is 3.84. The van der Waals surface area contributed by atoms with Gasteiger partial charge in [0.05, 0.1) is 16.8 Å². The van der Waals surface area contributed by atoms with Crippen LogP contribution in [0.4, 0.5) is 0 Å². The van der Waals surface area contributed by atoms with Gasteiger partial charge in [-0.15, -0.1) is 0 Å². The third-order valence-electron chi connectivity index (χ3n) is 3.59. The highest BCUT2D eigenvalue weighted by atomic mass is 35.5. The lowest BCUT2D eigenvalue weighted by atomic mass is 10.1. The minimum atomic E-state index is -1.04. The average molecular weight is 398 g/mol. The first kappa shape index (κ1) is 19.8. The molecule has 2 atom stereocenters. The summed E-state index contributed by atoms with van der Waals surface area (Å²) in [4.78, 5) is 5.02. The van der Waals surface area contributed by atoms with Crippen LogP contribution in [-0.4, -0.2) is 29.5 Å². The molecule has 2 rings (SSSR count). The molecule has 0 amide bonds. The summed E-state index contributed by atoms with van der Waals surface area (Å²) in [5.41, 5.74) is 0.932. The van der Waals surface area contributed by atoms with Crippen LogP contribution in [0, 0.1) is 0 Å². The molecule has 2 unspecified atom stereocenters. The van der Waals surface area contributed by atoms with Crippen LogP contribution in [0.25, 0.3) is 0 Å². The monoisotopic (exact) mass is 397 g/mol. The van der Waals surface area contributed by atoms with Crippen molar-refractivity contribution in [3.05, 3.63) is 64.1 Å². The molecular formula is C18H21Cl2N3OS. The van der Waals surface area contributed by atoms with Crippen molar-refractivity contribution in [2.75, 3.05) is 19.3 Å². The Labute approximate surface area is 161 Å². The van der Waals surface area contributed by atoms with Crippen LogP contribution in [0.5, 0.6) is 0 Å². The van der Waals surface area contributed by atoms with Crippen molar-refractivity contribution < 1.29 is 4.21 Å². The first-order chi connectivity index (χ1) is 12.0. The fourth-order valence-electron chi connectivity index (χ4n) is 2.28. The van der Waals surface area contributed by atoms with E-state index in [2.05, 4.69) is 15.6 Å². The Morgan fingerprint density at radius 1 is 1.20 bits per heavy atom. The van der Waals surface area contributed by atoms with E-state index in [-0.39, 0.29) is 6.04 Å². The summed E-state index contributed by atoms with van der Waals surface area (Å²) < 4.78 is 12.2. The molecule has 0 aliphatic carbocycles. The van der Waals surface area contributed by atoms with Gasteiger partial charge in [-0.05, 0) is 36.8 Å². The van der Waals surface area contributed by atoms with Gasteiger partial charge in [0.25, 0.3) is 0 Å². The lowest BCUT2D eigenvalue weighted by molar-refractivity contribution is 0.677. The molecule has 0 aliphatic rings. The van der Waals surface area contributed by atoms with E-state index in [9.17, 15) is 4.21 Å². The minimum absolute atomic E-state index is 0.0458. The van der Waals surface area contributed by atoms with E-state index < -0.39 is 10.8 Å². The number of hydrogen-bond donors (Lipinski definition) is 2. The highest BCUT2D eigenvalue weighted by Crippen LogP contribution is 2.25. The van der Waals surface area contributed by atoms with Gasteiger partial charge >= 0.3 is 0 Å². The minimum Gasteiger partial charge on any atom is -0.355 e. The molecule has 0 radical (unpaired) electrons. The predicted molar refractivity (Wildman–Crippen MR) is 107 cm³/mol. The summed E-state index contributed by atoms with van der Waals surface area (Å²) in [6, 6.07) is 14.8. The van der Waals surface area contributed by atoms with E-state index in [1.54, 1.807) is 19.2 Å². The Morgan fingerprint density at radius 3 is 2.56 bits per heavy atom. The Morgan fingerprint density at radius 2 is 1.92 bits per heavy atom. The zero-order valence-corrected chi connectivity index (χ0v) is 16.5. The zero-order valence-electron chi connectivity index (χ0n) is 14.1. The second-order valence-electron chi connectivity index (χ2n) is 5.39. The zero-order chi connectivity index (χ0) is 18.2. The van der Waals surface area contributed by atoms with Gasteiger partial charge in [0, 0.05) is 34.3 Å². The first-order valence-corrected chi connectivity index (χ1v) is 9.94. The number of nitrogens with one attached hydrogen (secondary N) is 2. The molecular weight excluding hydrogens is 377 g/mol. The molecule has 134 valence electrons. The molecule has 7 heteroatoms. The normalized spacial score (nSPS) is 14.0. The summed E-state index contributed by atoms with van der Waals surface area (Å²) in [5, 5.41) is 7.66. The van der Waals surface area contributed by atoms with Crippen LogP contribution < -0.4 is 10.6 Å². The van der Waals surface area contributed by atoms with Gasteiger partial charge in [0.15, 0.2) is 5.96 Å². The second kappa shape index (κ2) is 9.80. The van der Waals surface area contributed by atoms with Crippen LogP contribution in [0.3, 0.4) is 0 Å². The van der Waals surface area contributed by atoms with Gasteiger partial charge in [-0.1, -0.05) is 47.5 Å². The molecule has 0 spiro atoms. The lowest BCUT2D eigenvalue weighted by Crippen LogP contribution is -2.40. The van der Waals surface area contributed by atoms with Crippen molar-refractivity contribution in [2.45, 2.75) is 17.9 Å². The predicted octanol–water partition coefficient (Wildman–Crippen LogP) is 4.03. The van der Waals surface area contributed by atoms with Crippen molar-refractivity contribution >= 4 is 40.0 Å². The summed E-state index contributed by atoms with van der Waals surface area (Å²) in [6.45, 7) is 2.53. The summed E-state index contributed by atoms with van der Waals surface area (Å²) in [6.07, 6.45) is 0. The SMILES string of the molecule is CN=C(NCCS(=O)c1ccccc1)NC(C)c1ccc(Cl)cc1Cl. The van der Waals surface area contributed by atoms with E-state index >= 15 is 0 Å². The number of rotatable bonds is 6. The standard InChI is InChI=1S/C18H21Cl2N3OS/c1-13(16-9-8-14(19)12-17(16)20)23-18(21-2)22-10-11-25(24)15-6-4-3-5-7-15/h3-9,12-13H,10-11H2,1-2H3,(H2,21,22,23). The maximum absolute atomic E-state index is 12.2. The van der Waals surface area contributed by atoms with E-state index in [1.807, 2.05) is 43.3 Å². The molecule has 0 fully saturated rings. The Hall–Kier alpha value is -1.56. The number of benzene rings is 2. The fraction of sp³-hybridized carbons (Fsp3) is 0.278. The van der Waals surface area contributed by atoms with Gasteiger partial charge in [-0.3, -0.25) is 9.20 Å². The third-order valence-corrected chi connectivity index (χ3v) is 5.53. The lowest BCUT2D eigenvalue weighted by Gasteiger charge is -2.19. The number of nitrogens with zero attached hydrogens (tertiary/aromatic N) is 1. The summed E-state index contributed by atoms with van der Waals surface area (Å²) >= 11 is 12.2. The average Bonchev–Trinajstić information content (AvgIpc) is 2.61. The van der Waals surface area contributed by atoms with E-state index in [4.69, 9.17) is 23.2 Å². The van der Waals surface area contributed by atoms with Crippen molar-refractivity contribution in [1.82, 2.24) is 10.6 Å². The van der Waals surface area contributed by atoms with Gasteiger partial charge in [0.2, 0.25) is 0 Å². The number of aliphatic imine (C=N–C) groups is 1. The van der Waals surface area contributed by atoms with Crippen molar-refractivity contribution in [3.63, 3.8) is 0 Å². The quantitative estimate of drug-likeness (QED) is 0.571. The summed E-state index contributed by atoms with van der Waals surface area (Å²) in [7, 11) is 0.656. The highest BCUT2D eigenvalue weighted by molar-refractivity contribution is 7.85. The Kier molecular flexibility index (Phi) is 7.75. The van der Waals surface area contributed by atoms with E-state index in [0.29, 0.717) is 28.3 Å². The van der Waals surface area contributed by atoms with Crippen LogP contribution in [0.15, 0.2) is 58.4 Å². The van der Waals surface area contributed by atoms with Crippen LogP contribution in [0.2, 0.25) is 10.0 Å². The molecule has 4 nitrogen and oxygen atoms in total. The molecule has 2 N–H and O–H groups in total.